The Morgan fingerprint density at radius 1 is 1.36 bits per heavy atom. The molecule has 2 aromatic heterocycles. The van der Waals surface area contributed by atoms with Gasteiger partial charge in [-0.25, -0.2) is 9.97 Å². The topological polar surface area (TPSA) is 78.3 Å². The number of rotatable bonds is 7. The molecule has 1 fully saturated rings. The zero-order chi connectivity index (χ0) is 17.6. The number of aryl methyl sites for hydroxylation is 1. The highest BCUT2D eigenvalue weighted by molar-refractivity contribution is 7.07. The molecule has 134 valence electrons. The highest BCUT2D eigenvalue weighted by atomic mass is 32.1. The molecule has 0 aliphatic carbocycles. The van der Waals surface area contributed by atoms with Gasteiger partial charge in [0.05, 0.1) is 12.1 Å². The normalized spacial score (nSPS) is 16.0. The summed E-state index contributed by atoms with van der Waals surface area (Å²) in [4.78, 5) is 22.7. The first-order valence-electron chi connectivity index (χ1n) is 8.68. The molecule has 1 atom stereocenters. The molecule has 0 amide bonds. The minimum atomic E-state index is -0.809. The molecule has 3 rings (SSSR count). The van der Waals surface area contributed by atoms with Crippen molar-refractivity contribution in [3.05, 3.63) is 39.8 Å². The number of carboxylic acids is 1. The number of aromatic nitrogens is 2. The van der Waals surface area contributed by atoms with Crippen molar-refractivity contribution in [1.82, 2.24) is 15.3 Å². The van der Waals surface area contributed by atoms with E-state index in [2.05, 4.69) is 15.2 Å². The second-order valence-corrected chi connectivity index (χ2v) is 7.22. The lowest BCUT2D eigenvalue weighted by Gasteiger charge is -2.27. The molecular formula is C18H24N4O2S. The van der Waals surface area contributed by atoms with Crippen LogP contribution in [0.4, 0.5) is 5.95 Å². The maximum absolute atomic E-state index is 11.2. The average Bonchev–Trinajstić information content (AvgIpc) is 3.13. The third-order valence-electron chi connectivity index (χ3n) is 4.39. The van der Waals surface area contributed by atoms with Gasteiger partial charge in [0, 0.05) is 31.4 Å². The molecule has 0 unspecified atom stereocenters. The van der Waals surface area contributed by atoms with Gasteiger partial charge in [0.15, 0.2) is 0 Å². The Morgan fingerprint density at radius 2 is 2.16 bits per heavy atom. The number of carboxylic acid groups (broad SMARTS) is 1. The highest BCUT2D eigenvalue weighted by Gasteiger charge is 2.17. The summed E-state index contributed by atoms with van der Waals surface area (Å²) in [6.07, 6.45) is 3.70. The number of hydrogen-bond donors (Lipinski definition) is 2. The Kier molecular flexibility index (Phi) is 5.99. The Balaban J connectivity index is 1.70. The van der Waals surface area contributed by atoms with Gasteiger partial charge in [-0.3, -0.25) is 4.79 Å². The van der Waals surface area contributed by atoms with Crippen molar-refractivity contribution >= 4 is 23.3 Å². The lowest BCUT2D eigenvalue weighted by atomic mass is 10.1. The maximum Gasteiger partial charge on any atom is 0.305 e. The van der Waals surface area contributed by atoms with E-state index in [1.165, 1.54) is 19.3 Å². The zero-order valence-corrected chi connectivity index (χ0v) is 15.3. The van der Waals surface area contributed by atoms with Crippen molar-refractivity contribution in [1.29, 1.82) is 0 Å². The predicted molar refractivity (Wildman–Crippen MR) is 99.0 cm³/mol. The molecule has 25 heavy (non-hydrogen) atoms. The Bertz CT molecular complexity index is 699. The van der Waals surface area contributed by atoms with Gasteiger partial charge >= 0.3 is 5.97 Å². The second kappa shape index (κ2) is 8.40. The van der Waals surface area contributed by atoms with Crippen LogP contribution in [0.25, 0.3) is 0 Å². The summed E-state index contributed by atoms with van der Waals surface area (Å²) in [5.41, 5.74) is 2.85. The van der Waals surface area contributed by atoms with Gasteiger partial charge in [0.25, 0.3) is 0 Å². The summed E-state index contributed by atoms with van der Waals surface area (Å²) in [6.45, 7) is 4.52. The number of carbonyl (C=O) groups is 1. The SMILES string of the molecule is Cc1cc(CN[C@@H](CC(=O)O)c2ccsc2)nc(N2CCCCC2)n1. The largest absolute Gasteiger partial charge is 0.481 e. The average molecular weight is 360 g/mol. The van der Waals surface area contributed by atoms with Crippen LogP contribution in [0.2, 0.25) is 0 Å². The van der Waals surface area contributed by atoms with Gasteiger partial charge in [0.2, 0.25) is 5.95 Å². The summed E-state index contributed by atoms with van der Waals surface area (Å²) in [6, 6.07) is 3.72. The highest BCUT2D eigenvalue weighted by Crippen LogP contribution is 2.21. The molecule has 0 radical (unpaired) electrons. The van der Waals surface area contributed by atoms with Crippen LogP contribution in [0.3, 0.4) is 0 Å². The van der Waals surface area contributed by atoms with Crippen LogP contribution < -0.4 is 10.2 Å². The van der Waals surface area contributed by atoms with E-state index in [-0.39, 0.29) is 12.5 Å². The van der Waals surface area contributed by atoms with Crippen molar-refractivity contribution in [3.8, 4) is 0 Å². The van der Waals surface area contributed by atoms with Crippen molar-refractivity contribution in [2.45, 2.75) is 45.2 Å². The molecule has 0 saturated carbocycles. The van der Waals surface area contributed by atoms with Gasteiger partial charge in [-0.05, 0) is 54.6 Å². The summed E-state index contributed by atoms with van der Waals surface area (Å²) >= 11 is 1.58. The molecule has 6 nitrogen and oxygen atoms in total. The quantitative estimate of drug-likeness (QED) is 0.790. The smallest absolute Gasteiger partial charge is 0.305 e. The van der Waals surface area contributed by atoms with Crippen LogP contribution >= 0.6 is 11.3 Å². The molecule has 1 aliphatic heterocycles. The fraction of sp³-hybridized carbons (Fsp3) is 0.500. The number of nitrogens with one attached hydrogen (secondary N) is 1. The molecule has 1 saturated heterocycles. The van der Waals surface area contributed by atoms with Crippen molar-refractivity contribution in [2.24, 2.45) is 0 Å². The van der Waals surface area contributed by atoms with E-state index in [1.807, 2.05) is 29.8 Å². The number of aliphatic carboxylic acids is 1. The van der Waals surface area contributed by atoms with E-state index >= 15 is 0 Å². The fourth-order valence-corrected chi connectivity index (χ4v) is 3.84. The minimum absolute atomic E-state index is 0.0553. The zero-order valence-electron chi connectivity index (χ0n) is 14.4. The molecule has 0 spiro atoms. The lowest BCUT2D eigenvalue weighted by Crippen LogP contribution is -2.31. The Morgan fingerprint density at radius 3 is 2.84 bits per heavy atom. The second-order valence-electron chi connectivity index (χ2n) is 6.44. The van der Waals surface area contributed by atoms with Crippen LogP contribution in [-0.2, 0) is 11.3 Å². The molecule has 3 heterocycles. The van der Waals surface area contributed by atoms with E-state index in [0.29, 0.717) is 6.54 Å². The summed E-state index contributed by atoms with van der Waals surface area (Å²) in [7, 11) is 0. The first kappa shape index (κ1) is 17.8. The third-order valence-corrected chi connectivity index (χ3v) is 5.09. The van der Waals surface area contributed by atoms with Crippen molar-refractivity contribution in [3.63, 3.8) is 0 Å². The van der Waals surface area contributed by atoms with Crippen LogP contribution in [0.5, 0.6) is 0 Å². The molecule has 2 N–H and O–H groups in total. The van der Waals surface area contributed by atoms with E-state index in [0.717, 1.165) is 36.0 Å². The van der Waals surface area contributed by atoms with E-state index in [9.17, 15) is 4.79 Å². The van der Waals surface area contributed by atoms with E-state index in [4.69, 9.17) is 10.1 Å². The van der Waals surface area contributed by atoms with Crippen LogP contribution in [0.1, 0.15) is 48.7 Å². The number of piperidine rings is 1. The molecule has 0 bridgehead atoms. The van der Waals surface area contributed by atoms with Crippen molar-refractivity contribution < 1.29 is 9.90 Å². The molecule has 0 aromatic carbocycles. The number of hydrogen-bond acceptors (Lipinski definition) is 6. The van der Waals surface area contributed by atoms with E-state index in [1.54, 1.807) is 11.3 Å². The van der Waals surface area contributed by atoms with Crippen LogP contribution in [-0.4, -0.2) is 34.1 Å². The van der Waals surface area contributed by atoms with Crippen molar-refractivity contribution in [2.75, 3.05) is 18.0 Å². The summed E-state index contributed by atoms with van der Waals surface area (Å²) in [5.74, 6) is -0.0154. The van der Waals surface area contributed by atoms with Crippen LogP contribution in [0, 0.1) is 6.92 Å². The molecule has 2 aromatic rings. The van der Waals surface area contributed by atoms with Gasteiger partial charge in [-0.15, -0.1) is 0 Å². The molecule has 1 aliphatic rings. The minimum Gasteiger partial charge on any atom is -0.481 e. The number of anilines is 1. The first-order chi connectivity index (χ1) is 12.1. The Hall–Kier alpha value is -1.99. The first-order valence-corrected chi connectivity index (χ1v) is 9.63. The lowest BCUT2D eigenvalue weighted by molar-refractivity contribution is -0.137. The fourth-order valence-electron chi connectivity index (χ4n) is 3.13. The molecule has 7 heteroatoms. The Labute approximate surface area is 151 Å². The number of nitrogens with zero attached hydrogens (tertiary/aromatic N) is 3. The standard InChI is InChI=1S/C18H24N4O2S/c1-13-9-15(21-18(20-13)22-6-3-2-4-7-22)11-19-16(10-17(23)24)14-5-8-25-12-14/h5,8-9,12,16,19H,2-4,6-7,10-11H2,1H3,(H,23,24)/t16-/m0/s1. The van der Waals surface area contributed by atoms with Crippen LogP contribution in [0.15, 0.2) is 22.9 Å². The number of thiophene rings is 1. The van der Waals surface area contributed by atoms with Gasteiger partial charge in [-0.1, -0.05) is 0 Å². The summed E-state index contributed by atoms with van der Waals surface area (Å²) < 4.78 is 0. The monoisotopic (exact) mass is 360 g/mol. The van der Waals surface area contributed by atoms with Gasteiger partial charge < -0.3 is 15.3 Å². The van der Waals surface area contributed by atoms with E-state index < -0.39 is 5.97 Å². The molecular weight excluding hydrogens is 336 g/mol. The predicted octanol–water partition coefficient (Wildman–Crippen LogP) is 3.14. The third kappa shape index (κ3) is 4.99. The summed E-state index contributed by atoms with van der Waals surface area (Å²) in [5, 5.41) is 16.5. The van der Waals surface area contributed by atoms with Gasteiger partial charge in [-0.2, -0.15) is 11.3 Å². The van der Waals surface area contributed by atoms with Gasteiger partial charge in [0.1, 0.15) is 0 Å². The maximum atomic E-state index is 11.2.